The highest BCUT2D eigenvalue weighted by atomic mass is 16.5. The lowest BCUT2D eigenvalue weighted by Crippen LogP contribution is -2.19. The lowest BCUT2D eigenvalue weighted by molar-refractivity contribution is 0.0472. The van der Waals surface area contributed by atoms with Crippen molar-refractivity contribution in [2.45, 2.75) is 13.5 Å². The number of rotatable bonds is 6. The Morgan fingerprint density at radius 1 is 1.21 bits per heavy atom. The van der Waals surface area contributed by atoms with Gasteiger partial charge in [0.05, 0.1) is 12.7 Å². The SMILES string of the molecule is C=CNC(=O)c1cc(C(=O)OCc2ccccc2)cc(OC)c1C. The first-order chi connectivity index (χ1) is 11.6. The molecule has 1 amide bonds. The van der Waals surface area contributed by atoms with E-state index in [1.54, 1.807) is 13.0 Å². The summed E-state index contributed by atoms with van der Waals surface area (Å²) in [5, 5.41) is 2.50. The molecule has 0 aliphatic heterocycles. The predicted molar refractivity (Wildman–Crippen MR) is 91.0 cm³/mol. The summed E-state index contributed by atoms with van der Waals surface area (Å²) in [6.45, 7) is 5.37. The summed E-state index contributed by atoms with van der Waals surface area (Å²) >= 11 is 0. The molecule has 0 aromatic heterocycles. The number of hydrogen-bond acceptors (Lipinski definition) is 4. The van der Waals surface area contributed by atoms with Crippen LogP contribution in [-0.4, -0.2) is 19.0 Å². The third kappa shape index (κ3) is 4.01. The average molecular weight is 325 g/mol. The molecule has 2 rings (SSSR count). The second-order valence-corrected chi connectivity index (χ2v) is 5.09. The number of esters is 1. The Kier molecular flexibility index (Phi) is 5.73. The molecular weight excluding hydrogens is 306 g/mol. The van der Waals surface area contributed by atoms with Crippen LogP contribution >= 0.6 is 0 Å². The number of carbonyl (C=O) groups is 2. The Morgan fingerprint density at radius 3 is 2.54 bits per heavy atom. The zero-order valence-corrected chi connectivity index (χ0v) is 13.7. The number of hydrogen-bond donors (Lipinski definition) is 1. The van der Waals surface area contributed by atoms with Gasteiger partial charge in [-0.3, -0.25) is 4.79 Å². The summed E-state index contributed by atoms with van der Waals surface area (Å²) < 4.78 is 10.6. The van der Waals surface area contributed by atoms with Crippen LogP contribution in [0.2, 0.25) is 0 Å². The third-order valence-electron chi connectivity index (χ3n) is 3.51. The van der Waals surface area contributed by atoms with Gasteiger partial charge >= 0.3 is 5.97 Å². The zero-order valence-electron chi connectivity index (χ0n) is 13.7. The highest BCUT2D eigenvalue weighted by Crippen LogP contribution is 2.24. The molecule has 0 fully saturated rings. The highest BCUT2D eigenvalue weighted by Gasteiger charge is 2.18. The van der Waals surface area contributed by atoms with Gasteiger partial charge < -0.3 is 14.8 Å². The first-order valence-electron chi connectivity index (χ1n) is 7.38. The van der Waals surface area contributed by atoms with Crippen LogP contribution in [0.1, 0.15) is 31.8 Å². The molecule has 5 nitrogen and oxygen atoms in total. The van der Waals surface area contributed by atoms with Gasteiger partial charge in [0.25, 0.3) is 5.91 Å². The molecule has 2 aromatic carbocycles. The van der Waals surface area contributed by atoms with Crippen molar-refractivity contribution in [3.63, 3.8) is 0 Å². The Hall–Kier alpha value is -3.08. The Labute approximate surface area is 140 Å². The van der Waals surface area contributed by atoms with Crippen molar-refractivity contribution in [1.82, 2.24) is 5.32 Å². The molecule has 24 heavy (non-hydrogen) atoms. The van der Waals surface area contributed by atoms with E-state index < -0.39 is 5.97 Å². The average Bonchev–Trinajstić information content (AvgIpc) is 2.61. The van der Waals surface area contributed by atoms with Gasteiger partial charge in [-0.15, -0.1) is 0 Å². The second-order valence-electron chi connectivity index (χ2n) is 5.09. The molecule has 0 saturated carbocycles. The van der Waals surface area contributed by atoms with Crippen LogP contribution in [0.25, 0.3) is 0 Å². The molecule has 0 unspecified atom stereocenters. The van der Waals surface area contributed by atoms with Crippen LogP contribution in [-0.2, 0) is 11.3 Å². The van der Waals surface area contributed by atoms with Gasteiger partial charge in [0.2, 0.25) is 0 Å². The van der Waals surface area contributed by atoms with E-state index in [4.69, 9.17) is 9.47 Å². The molecule has 0 aliphatic carbocycles. The normalized spacial score (nSPS) is 9.92. The number of benzene rings is 2. The summed E-state index contributed by atoms with van der Waals surface area (Å²) in [7, 11) is 1.48. The molecule has 1 N–H and O–H groups in total. The summed E-state index contributed by atoms with van der Waals surface area (Å²) in [6, 6.07) is 12.4. The van der Waals surface area contributed by atoms with Gasteiger partial charge in [-0.05, 0) is 30.8 Å². The lowest BCUT2D eigenvalue weighted by Gasteiger charge is -2.12. The van der Waals surface area contributed by atoms with E-state index in [1.807, 2.05) is 30.3 Å². The maximum Gasteiger partial charge on any atom is 0.338 e. The molecule has 5 heteroatoms. The van der Waals surface area contributed by atoms with E-state index >= 15 is 0 Å². The van der Waals surface area contributed by atoms with Crippen LogP contribution in [0.15, 0.2) is 55.2 Å². The fourth-order valence-corrected chi connectivity index (χ4v) is 2.23. The Bertz CT molecular complexity index is 753. The molecule has 0 heterocycles. The summed E-state index contributed by atoms with van der Waals surface area (Å²) in [5.74, 6) is -0.443. The number of nitrogens with one attached hydrogen (secondary N) is 1. The van der Waals surface area contributed by atoms with Gasteiger partial charge in [-0.2, -0.15) is 0 Å². The van der Waals surface area contributed by atoms with Crippen LogP contribution < -0.4 is 10.1 Å². The van der Waals surface area contributed by atoms with Crippen LogP contribution in [0.4, 0.5) is 0 Å². The Balaban J connectivity index is 2.25. The molecule has 0 saturated heterocycles. The third-order valence-corrected chi connectivity index (χ3v) is 3.51. The van der Waals surface area contributed by atoms with Gasteiger partial charge in [0, 0.05) is 11.1 Å². The van der Waals surface area contributed by atoms with E-state index in [0.717, 1.165) is 5.56 Å². The molecule has 0 spiro atoms. The maximum atomic E-state index is 12.3. The van der Waals surface area contributed by atoms with Crippen molar-refractivity contribution in [1.29, 1.82) is 0 Å². The van der Waals surface area contributed by atoms with Crippen LogP contribution in [0.3, 0.4) is 0 Å². The number of amides is 1. The molecule has 124 valence electrons. The fourth-order valence-electron chi connectivity index (χ4n) is 2.23. The van der Waals surface area contributed by atoms with Crippen molar-refractivity contribution in [3.05, 3.63) is 77.5 Å². The van der Waals surface area contributed by atoms with Gasteiger partial charge in [-0.25, -0.2) is 4.79 Å². The van der Waals surface area contributed by atoms with E-state index in [9.17, 15) is 9.59 Å². The van der Waals surface area contributed by atoms with Crippen LogP contribution in [0, 0.1) is 6.92 Å². The minimum Gasteiger partial charge on any atom is -0.496 e. The smallest absolute Gasteiger partial charge is 0.338 e. The summed E-state index contributed by atoms with van der Waals surface area (Å²) in [5.41, 5.74) is 2.11. The van der Waals surface area contributed by atoms with E-state index in [2.05, 4.69) is 11.9 Å². The number of methoxy groups -OCH3 is 1. The monoisotopic (exact) mass is 325 g/mol. The van der Waals surface area contributed by atoms with Gasteiger partial charge in [0.15, 0.2) is 0 Å². The van der Waals surface area contributed by atoms with E-state index in [0.29, 0.717) is 16.9 Å². The fraction of sp³-hybridized carbons (Fsp3) is 0.158. The lowest BCUT2D eigenvalue weighted by atomic mass is 10.0. The van der Waals surface area contributed by atoms with Crippen molar-refractivity contribution >= 4 is 11.9 Å². The summed E-state index contributed by atoms with van der Waals surface area (Å²) in [4.78, 5) is 24.4. The number of ether oxygens (including phenoxy) is 2. The first-order valence-corrected chi connectivity index (χ1v) is 7.38. The quantitative estimate of drug-likeness (QED) is 0.828. The standard InChI is InChI=1S/C19H19NO4/c1-4-20-18(21)16-10-15(11-17(23-3)13(16)2)19(22)24-12-14-8-6-5-7-9-14/h4-11H,1,12H2,2-3H3,(H,20,21). The van der Waals surface area contributed by atoms with Crippen molar-refractivity contribution in [3.8, 4) is 5.75 Å². The number of carbonyl (C=O) groups excluding carboxylic acids is 2. The molecule has 0 atom stereocenters. The predicted octanol–water partition coefficient (Wildman–Crippen LogP) is 3.23. The van der Waals surface area contributed by atoms with Crippen molar-refractivity contribution in [2.24, 2.45) is 0 Å². The zero-order chi connectivity index (χ0) is 17.5. The molecular formula is C19H19NO4. The van der Waals surface area contributed by atoms with E-state index in [-0.39, 0.29) is 18.1 Å². The van der Waals surface area contributed by atoms with E-state index in [1.165, 1.54) is 19.4 Å². The highest BCUT2D eigenvalue weighted by molar-refractivity contribution is 6.00. The largest absolute Gasteiger partial charge is 0.496 e. The maximum absolute atomic E-state index is 12.3. The molecule has 0 bridgehead atoms. The molecule has 0 radical (unpaired) electrons. The van der Waals surface area contributed by atoms with Crippen molar-refractivity contribution in [2.75, 3.05) is 7.11 Å². The topological polar surface area (TPSA) is 64.6 Å². The van der Waals surface area contributed by atoms with Crippen molar-refractivity contribution < 1.29 is 19.1 Å². The molecule has 2 aromatic rings. The summed E-state index contributed by atoms with van der Waals surface area (Å²) in [6.07, 6.45) is 1.29. The van der Waals surface area contributed by atoms with Gasteiger partial charge in [-0.1, -0.05) is 36.9 Å². The minimum atomic E-state index is -0.523. The first kappa shape index (κ1) is 17.3. The van der Waals surface area contributed by atoms with Gasteiger partial charge in [0.1, 0.15) is 12.4 Å². The van der Waals surface area contributed by atoms with Crippen LogP contribution in [0.5, 0.6) is 5.75 Å². The minimum absolute atomic E-state index is 0.157. The molecule has 0 aliphatic rings. The Morgan fingerprint density at radius 2 is 1.92 bits per heavy atom. The second kappa shape index (κ2) is 7.97.